The van der Waals surface area contributed by atoms with Gasteiger partial charge in [0.2, 0.25) is 11.0 Å². The van der Waals surface area contributed by atoms with Crippen molar-refractivity contribution in [1.29, 1.82) is 0 Å². The molecule has 0 aromatic carbocycles. The summed E-state index contributed by atoms with van der Waals surface area (Å²) in [5, 5.41) is 12.0. The minimum atomic E-state index is -0.654. The van der Waals surface area contributed by atoms with Crippen LogP contribution in [0.1, 0.15) is 47.0 Å². The van der Waals surface area contributed by atoms with Crippen molar-refractivity contribution in [1.82, 2.24) is 19.7 Å². The molecule has 2 aromatic rings. The SMILES string of the molecule is CCCCN(C(=O)CSc1nnc(NC(C)C)s1)c1c(N)n(CCC)c(=O)[nH]c1=O. The molecule has 0 unspecified atom stereocenters. The summed E-state index contributed by atoms with van der Waals surface area (Å²) in [5.74, 6) is -0.188. The predicted octanol–water partition coefficient (Wildman–Crippen LogP) is 2.13. The maximum atomic E-state index is 13.0. The number of nitrogens with zero attached hydrogens (tertiary/aromatic N) is 4. The van der Waals surface area contributed by atoms with Crippen LogP contribution in [-0.4, -0.2) is 44.0 Å². The fraction of sp³-hybridized carbons (Fsp3) is 0.611. The topological polar surface area (TPSA) is 139 Å². The number of aromatic amines is 1. The van der Waals surface area contributed by atoms with E-state index in [0.717, 1.165) is 6.42 Å². The summed E-state index contributed by atoms with van der Waals surface area (Å²) in [5.41, 5.74) is 4.96. The molecule has 2 aromatic heterocycles. The van der Waals surface area contributed by atoms with Crippen LogP contribution < -0.4 is 27.2 Å². The van der Waals surface area contributed by atoms with Crippen LogP contribution in [0.3, 0.4) is 0 Å². The number of hydrogen-bond donors (Lipinski definition) is 3. The van der Waals surface area contributed by atoms with E-state index in [-0.39, 0.29) is 29.2 Å². The van der Waals surface area contributed by atoms with Gasteiger partial charge in [-0.25, -0.2) is 4.79 Å². The van der Waals surface area contributed by atoms with Crippen molar-refractivity contribution in [2.75, 3.05) is 28.2 Å². The van der Waals surface area contributed by atoms with Gasteiger partial charge in [0.15, 0.2) is 10.0 Å². The van der Waals surface area contributed by atoms with E-state index >= 15 is 0 Å². The van der Waals surface area contributed by atoms with E-state index in [1.54, 1.807) is 0 Å². The first-order valence-electron chi connectivity index (χ1n) is 9.94. The Hall–Kier alpha value is -2.34. The van der Waals surface area contributed by atoms with Crippen LogP contribution in [0.5, 0.6) is 0 Å². The maximum absolute atomic E-state index is 13.0. The average Bonchev–Trinajstić information content (AvgIpc) is 3.12. The number of nitrogen functional groups attached to an aromatic ring is 1. The van der Waals surface area contributed by atoms with Gasteiger partial charge < -0.3 is 16.0 Å². The lowest BCUT2D eigenvalue weighted by Crippen LogP contribution is -2.42. The first-order chi connectivity index (χ1) is 14.3. The Morgan fingerprint density at radius 2 is 2.03 bits per heavy atom. The summed E-state index contributed by atoms with van der Waals surface area (Å²) in [6.07, 6.45) is 2.20. The molecule has 30 heavy (non-hydrogen) atoms. The Bertz CT molecular complexity index is 967. The van der Waals surface area contributed by atoms with E-state index < -0.39 is 11.2 Å². The molecule has 10 nitrogen and oxygen atoms in total. The van der Waals surface area contributed by atoms with Gasteiger partial charge in [0.1, 0.15) is 5.82 Å². The smallest absolute Gasteiger partial charge is 0.330 e. The minimum Gasteiger partial charge on any atom is -0.383 e. The highest BCUT2D eigenvalue weighted by atomic mass is 32.2. The van der Waals surface area contributed by atoms with Gasteiger partial charge in [-0.3, -0.25) is 19.1 Å². The number of nitrogens with one attached hydrogen (secondary N) is 2. The van der Waals surface area contributed by atoms with Gasteiger partial charge in [-0.15, -0.1) is 10.2 Å². The number of aromatic nitrogens is 4. The van der Waals surface area contributed by atoms with Crippen molar-refractivity contribution < 1.29 is 4.79 Å². The molecule has 0 spiro atoms. The molecule has 4 N–H and O–H groups in total. The number of carbonyl (C=O) groups excluding carboxylic acids is 1. The van der Waals surface area contributed by atoms with Crippen LogP contribution in [0.25, 0.3) is 0 Å². The zero-order valence-electron chi connectivity index (χ0n) is 17.7. The van der Waals surface area contributed by atoms with Gasteiger partial charge in [0.05, 0.1) is 5.75 Å². The van der Waals surface area contributed by atoms with Gasteiger partial charge in [-0.1, -0.05) is 43.4 Å². The predicted molar refractivity (Wildman–Crippen MR) is 123 cm³/mol. The molecular formula is C18H29N7O3S2. The number of nitrogens with two attached hydrogens (primary N) is 1. The zero-order chi connectivity index (χ0) is 22.3. The minimum absolute atomic E-state index is 0.0133. The van der Waals surface area contributed by atoms with Crippen LogP contribution in [0, 0.1) is 0 Å². The Morgan fingerprint density at radius 3 is 2.67 bits per heavy atom. The molecule has 0 atom stereocenters. The quantitative estimate of drug-likeness (QED) is 0.438. The number of hydrogen-bond acceptors (Lipinski definition) is 9. The molecule has 0 saturated carbocycles. The second-order valence-corrected chi connectivity index (χ2v) is 9.20. The Labute approximate surface area is 183 Å². The Morgan fingerprint density at radius 1 is 1.30 bits per heavy atom. The molecule has 1 amide bonds. The number of H-pyrrole nitrogens is 1. The van der Waals surface area contributed by atoms with E-state index in [1.807, 2.05) is 27.7 Å². The fourth-order valence-electron chi connectivity index (χ4n) is 2.74. The number of carbonyl (C=O) groups is 1. The van der Waals surface area contributed by atoms with Crippen LogP contribution in [-0.2, 0) is 11.3 Å². The highest BCUT2D eigenvalue weighted by Gasteiger charge is 2.24. The molecule has 2 heterocycles. The second-order valence-electron chi connectivity index (χ2n) is 7.00. The van der Waals surface area contributed by atoms with Gasteiger partial charge in [0, 0.05) is 19.1 Å². The van der Waals surface area contributed by atoms with Gasteiger partial charge in [-0.2, -0.15) is 0 Å². The summed E-state index contributed by atoms with van der Waals surface area (Å²) < 4.78 is 1.95. The van der Waals surface area contributed by atoms with Crippen molar-refractivity contribution in [3.8, 4) is 0 Å². The largest absolute Gasteiger partial charge is 0.383 e. The summed E-state index contributed by atoms with van der Waals surface area (Å²) in [4.78, 5) is 41.3. The average molecular weight is 456 g/mol. The number of anilines is 3. The summed E-state index contributed by atoms with van der Waals surface area (Å²) >= 11 is 2.62. The van der Waals surface area contributed by atoms with E-state index in [9.17, 15) is 14.4 Å². The number of rotatable bonds is 11. The molecule has 0 fully saturated rings. The lowest BCUT2D eigenvalue weighted by molar-refractivity contribution is -0.116. The monoisotopic (exact) mass is 455 g/mol. The molecule has 12 heteroatoms. The second kappa shape index (κ2) is 11.2. The Kier molecular flexibility index (Phi) is 8.90. The number of thioether (sulfide) groups is 1. The third kappa shape index (κ3) is 6.08. The van der Waals surface area contributed by atoms with Crippen LogP contribution in [0.2, 0.25) is 0 Å². The third-order valence-electron chi connectivity index (χ3n) is 4.11. The van der Waals surface area contributed by atoms with Gasteiger partial charge >= 0.3 is 5.69 Å². The van der Waals surface area contributed by atoms with E-state index in [1.165, 1.54) is 32.6 Å². The molecular weight excluding hydrogens is 426 g/mol. The van der Waals surface area contributed by atoms with Crippen molar-refractivity contribution in [3.05, 3.63) is 20.8 Å². The van der Waals surface area contributed by atoms with Crippen molar-refractivity contribution >= 4 is 45.6 Å². The van der Waals surface area contributed by atoms with E-state index in [0.29, 0.717) is 35.4 Å². The molecule has 0 aliphatic rings. The molecule has 0 bridgehead atoms. The third-order valence-corrected chi connectivity index (χ3v) is 6.08. The van der Waals surface area contributed by atoms with Crippen LogP contribution in [0.4, 0.5) is 16.6 Å². The van der Waals surface area contributed by atoms with Crippen molar-refractivity contribution in [2.24, 2.45) is 0 Å². The van der Waals surface area contributed by atoms with Crippen molar-refractivity contribution in [3.63, 3.8) is 0 Å². The van der Waals surface area contributed by atoms with E-state index in [2.05, 4.69) is 20.5 Å². The lowest BCUT2D eigenvalue weighted by Gasteiger charge is -2.24. The number of unbranched alkanes of at least 4 members (excludes halogenated alkanes) is 1. The van der Waals surface area contributed by atoms with Gasteiger partial charge in [-0.05, 0) is 26.7 Å². The summed E-state index contributed by atoms with van der Waals surface area (Å²) in [7, 11) is 0. The van der Waals surface area contributed by atoms with E-state index in [4.69, 9.17) is 5.73 Å². The molecule has 0 radical (unpaired) electrons. The molecule has 2 rings (SSSR count). The molecule has 0 aliphatic heterocycles. The highest BCUT2D eigenvalue weighted by Crippen LogP contribution is 2.27. The molecule has 0 aliphatic carbocycles. The zero-order valence-corrected chi connectivity index (χ0v) is 19.4. The maximum Gasteiger partial charge on any atom is 0.330 e. The fourth-order valence-corrected chi connectivity index (χ4v) is 4.51. The molecule has 166 valence electrons. The highest BCUT2D eigenvalue weighted by molar-refractivity contribution is 8.01. The van der Waals surface area contributed by atoms with Crippen molar-refractivity contribution in [2.45, 2.75) is 63.9 Å². The normalized spacial score (nSPS) is 11.1. The Balaban J connectivity index is 2.26. The lowest BCUT2D eigenvalue weighted by atomic mass is 10.2. The first-order valence-corrected chi connectivity index (χ1v) is 11.7. The number of amides is 1. The molecule has 0 saturated heterocycles. The van der Waals surface area contributed by atoms with Gasteiger partial charge in [0.25, 0.3) is 5.56 Å². The summed E-state index contributed by atoms with van der Waals surface area (Å²) in [6.45, 7) is 8.59. The first kappa shape index (κ1) is 23.9. The van der Waals surface area contributed by atoms with Crippen LogP contribution in [0.15, 0.2) is 13.9 Å². The summed E-state index contributed by atoms with van der Waals surface area (Å²) in [6, 6.07) is 0.232. The standard InChI is InChI=1S/C18H29N7O3S2/c1-5-7-9-24(13-14(19)25(8-6-2)17(28)21-15(13)27)12(26)10-29-18-23-22-16(30-18)20-11(3)4/h11H,5-10,19H2,1-4H3,(H,20,22)(H,21,27,28). The van der Waals surface area contributed by atoms with Crippen LogP contribution >= 0.6 is 23.1 Å².